The van der Waals surface area contributed by atoms with Crippen LogP contribution in [0.15, 0.2) is 35.6 Å². The third-order valence-corrected chi connectivity index (χ3v) is 0.644. The van der Waals surface area contributed by atoms with Gasteiger partial charge in [-0.05, 0) is 0 Å². The predicted octanol–water partition coefficient (Wildman–Crippen LogP) is 1.92. The molecule has 0 bridgehead atoms. The van der Waals surface area contributed by atoms with E-state index in [0.717, 1.165) is 0 Å². The van der Waals surface area contributed by atoms with Gasteiger partial charge in [0.2, 0.25) is 0 Å². The number of nitroso groups, excluding NO2 is 1. The molecular formula is C6H6CeN2O2-2. The molecule has 5 heteroatoms. The van der Waals surface area contributed by atoms with Crippen molar-refractivity contribution in [1.82, 2.24) is 0 Å². The van der Waals surface area contributed by atoms with Crippen molar-refractivity contribution in [1.29, 1.82) is 0 Å². The average Bonchev–Trinajstić information content (AvgIpc) is 2.08. The Labute approximate surface area is 98.3 Å². The fourth-order valence-electron chi connectivity index (χ4n) is 0.342. The summed E-state index contributed by atoms with van der Waals surface area (Å²) in [6.45, 7) is 0. The minimum atomic E-state index is 0. The summed E-state index contributed by atoms with van der Waals surface area (Å²) in [5.74, 6) is 0. The zero-order chi connectivity index (χ0) is 7.66. The summed E-state index contributed by atoms with van der Waals surface area (Å²) in [5, 5.41) is 8.69. The van der Waals surface area contributed by atoms with Gasteiger partial charge >= 0.3 is 0 Å². The van der Waals surface area contributed by atoms with Gasteiger partial charge in [-0.3, -0.25) is 0 Å². The third kappa shape index (κ3) is 13.0. The van der Waals surface area contributed by atoms with Gasteiger partial charge in [-0.15, -0.1) is 5.29 Å². The standard InChI is InChI=1S/C6H5.Ce.H2N2O2/c1-2-4-6-5-3-1;;3-1-2-4/h1-5H;;(H2,1,2,3,4)/q-1;;/p-1. The van der Waals surface area contributed by atoms with Crippen molar-refractivity contribution in [3.05, 3.63) is 46.9 Å². The first kappa shape index (κ1) is 13.5. The second-order valence-electron chi connectivity index (χ2n) is 1.25. The Kier molecular flexibility index (Phi) is 15.5. The number of hydrogen-bond acceptors (Lipinski definition) is 3. The molecule has 0 aliphatic rings. The molecule has 1 aromatic rings. The molecule has 0 saturated carbocycles. The van der Waals surface area contributed by atoms with Crippen LogP contribution in [-0.2, 0) is 0 Å². The van der Waals surface area contributed by atoms with Gasteiger partial charge in [-0.2, -0.15) is 41.3 Å². The van der Waals surface area contributed by atoms with E-state index in [9.17, 15) is 0 Å². The molecule has 11 heavy (non-hydrogen) atoms. The maximum Gasteiger partial charge on any atom is 0 e. The van der Waals surface area contributed by atoms with E-state index < -0.39 is 0 Å². The van der Waals surface area contributed by atoms with E-state index in [1.165, 1.54) is 0 Å². The molecule has 0 spiro atoms. The number of benzene rings is 1. The Balaban J connectivity index is 0. The van der Waals surface area contributed by atoms with Crippen molar-refractivity contribution in [3.8, 4) is 0 Å². The minimum Gasteiger partial charge on any atom is -0.456 e. The molecule has 58 valence electrons. The molecule has 0 aliphatic heterocycles. The van der Waals surface area contributed by atoms with Crippen LogP contribution < -0.4 is 0 Å². The summed E-state index contributed by atoms with van der Waals surface area (Å²) in [5.41, 5.74) is 1.81. The van der Waals surface area contributed by atoms with Crippen LogP contribution in [0, 0.1) is 52.7 Å². The van der Waals surface area contributed by atoms with Crippen molar-refractivity contribution >= 4 is 0 Å². The Bertz CT molecular complexity index is 133. The van der Waals surface area contributed by atoms with Gasteiger partial charge in [0.05, 0.1) is 0 Å². The first-order valence-electron chi connectivity index (χ1n) is 2.49. The number of nitrogens with zero attached hydrogens (tertiary/aromatic N) is 2. The van der Waals surface area contributed by atoms with Gasteiger partial charge in [-0.25, -0.2) is 0 Å². The zero-order valence-corrected chi connectivity index (χ0v) is 8.78. The van der Waals surface area contributed by atoms with E-state index in [4.69, 9.17) is 10.1 Å². The molecule has 0 unspecified atom stereocenters. The molecule has 0 heterocycles. The number of hydrogen-bond donors (Lipinski definition) is 1. The fourth-order valence-corrected chi connectivity index (χ4v) is 0.342. The van der Waals surface area contributed by atoms with Crippen molar-refractivity contribution in [3.63, 3.8) is 0 Å². The van der Waals surface area contributed by atoms with E-state index >= 15 is 0 Å². The van der Waals surface area contributed by atoms with Crippen LogP contribution in [0.2, 0.25) is 0 Å². The van der Waals surface area contributed by atoms with Crippen LogP contribution >= 0.6 is 0 Å². The summed E-state index contributed by atoms with van der Waals surface area (Å²) < 4.78 is 0. The monoisotopic (exact) mass is 278 g/mol. The normalized spacial score (nSPS) is 6.27. The predicted molar refractivity (Wildman–Crippen MR) is 36.2 cm³/mol. The Hall–Kier alpha value is -0.0434. The summed E-state index contributed by atoms with van der Waals surface area (Å²) in [7, 11) is 0. The van der Waals surface area contributed by atoms with Gasteiger partial charge in [0.15, 0.2) is 0 Å². The van der Waals surface area contributed by atoms with Crippen molar-refractivity contribution in [2.24, 2.45) is 5.29 Å². The zero-order valence-electron chi connectivity index (χ0n) is 5.64. The third-order valence-electron chi connectivity index (χ3n) is 0.644. The molecule has 0 aliphatic carbocycles. The molecular weight excluding hydrogens is 272 g/mol. The molecule has 1 N–H and O–H groups in total. The van der Waals surface area contributed by atoms with Gasteiger partial charge in [0, 0.05) is 41.7 Å². The van der Waals surface area contributed by atoms with E-state index in [1.54, 1.807) is 10.9 Å². The van der Waals surface area contributed by atoms with Crippen molar-refractivity contribution in [2.45, 2.75) is 0 Å². The molecule has 0 saturated heterocycles. The SMILES string of the molecule is O=N[N-]O.[Ce].[c-]1ccccc1. The average molecular weight is 278 g/mol. The maximum absolute atomic E-state index is 8.51. The van der Waals surface area contributed by atoms with E-state index in [-0.39, 0.29) is 41.7 Å². The van der Waals surface area contributed by atoms with Crippen LogP contribution in [0.3, 0.4) is 0 Å². The summed E-state index contributed by atoms with van der Waals surface area (Å²) >= 11 is 0. The van der Waals surface area contributed by atoms with Crippen LogP contribution in [0.4, 0.5) is 0 Å². The Morgan fingerprint density at radius 2 is 1.73 bits per heavy atom. The molecule has 1 aromatic carbocycles. The molecule has 1 rings (SSSR count). The summed E-state index contributed by atoms with van der Waals surface area (Å²) in [6.07, 6.45) is 0. The smallest absolute Gasteiger partial charge is 0 e. The quantitative estimate of drug-likeness (QED) is 0.484. The largest absolute Gasteiger partial charge is 0.456 e. The molecule has 0 amide bonds. The van der Waals surface area contributed by atoms with Gasteiger partial charge in [0.1, 0.15) is 0 Å². The van der Waals surface area contributed by atoms with E-state index in [1.807, 2.05) is 30.3 Å². The second kappa shape index (κ2) is 12.6. The van der Waals surface area contributed by atoms with Crippen LogP contribution in [-0.4, -0.2) is 5.21 Å². The van der Waals surface area contributed by atoms with Gasteiger partial charge in [0.25, 0.3) is 0 Å². The molecule has 0 aromatic heterocycles. The van der Waals surface area contributed by atoms with Crippen LogP contribution in [0.1, 0.15) is 0 Å². The molecule has 0 radical (unpaired) electrons. The van der Waals surface area contributed by atoms with E-state index in [2.05, 4.69) is 6.07 Å². The summed E-state index contributed by atoms with van der Waals surface area (Å²) in [4.78, 5) is 8.51. The Morgan fingerprint density at radius 1 is 1.27 bits per heavy atom. The van der Waals surface area contributed by atoms with Crippen molar-refractivity contribution < 1.29 is 47.0 Å². The fraction of sp³-hybridized carbons (Fsp3) is 0. The van der Waals surface area contributed by atoms with Gasteiger partial charge in [-0.1, -0.05) is 0 Å². The topological polar surface area (TPSA) is 63.8 Å². The molecule has 0 atom stereocenters. The first-order chi connectivity index (χ1) is 4.91. The maximum atomic E-state index is 8.51. The first-order valence-corrected chi connectivity index (χ1v) is 2.49. The van der Waals surface area contributed by atoms with Crippen LogP contribution in [0.5, 0.6) is 0 Å². The molecule has 0 fully saturated rings. The minimum absolute atomic E-state index is 0. The van der Waals surface area contributed by atoms with Crippen molar-refractivity contribution in [2.75, 3.05) is 0 Å². The molecule has 4 nitrogen and oxygen atoms in total. The number of rotatable bonds is 1. The van der Waals surface area contributed by atoms with Gasteiger partial charge < -0.3 is 10.8 Å². The Morgan fingerprint density at radius 3 is 1.82 bits per heavy atom. The second-order valence-corrected chi connectivity index (χ2v) is 1.25. The summed E-state index contributed by atoms with van der Waals surface area (Å²) in [6, 6.07) is 12.5. The van der Waals surface area contributed by atoms with Crippen LogP contribution in [0.25, 0.3) is 5.59 Å². The van der Waals surface area contributed by atoms with E-state index in [0.29, 0.717) is 0 Å².